The number of nitro groups is 1. The second kappa shape index (κ2) is 8.19. The number of nitro benzene ring substituents is 1. The van der Waals surface area contributed by atoms with E-state index < -0.39 is 10.9 Å². The maximum Gasteiger partial charge on any atom is 0.335 e. The molecule has 0 saturated carbocycles. The Bertz CT molecular complexity index is 351. The highest BCUT2D eigenvalue weighted by atomic mass is 16.6. The van der Waals surface area contributed by atoms with E-state index >= 15 is 0 Å². The van der Waals surface area contributed by atoms with Crippen LogP contribution in [-0.2, 0) is 0 Å². The zero-order valence-electron chi connectivity index (χ0n) is 10.4. The number of hydrogen-bond acceptors (Lipinski definition) is 4. The van der Waals surface area contributed by atoms with Crippen LogP contribution in [0.3, 0.4) is 0 Å². The molecule has 0 amide bonds. The van der Waals surface area contributed by atoms with E-state index in [1.165, 1.54) is 12.1 Å². The third kappa shape index (κ3) is 5.95. The van der Waals surface area contributed by atoms with E-state index in [-0.39, 0.29) is 11.3 Å². The van der Waals surface area contributed by atoms with Crippen molar-refractivity contribution in [2.45, 2.75) is 20.3 Å². The van der Waals surface area contributed by atoms with E-state index in [9.17, 15) is 14.9 Å². The summed E-state index contributed by atoms with van der Waals surface area (Å²) in [5.74, 6) is -0.602. The lowest BCUT2D eigenvalue weighted by Gasteiger charge is -1.98. The number of carboxylic acids is 1. The second-order valence-electron chi connectivity index (χ2n) is 3.81. The van der Waals surface area contributed by atoms with Gasteiger partial charge in [0.15, 0.2) is 0 Å². The summed E-state index contributed by atoms with van der Waals surface area (Å²) in [6, 6.07) is 4.70. The molecule has 1 aromatic carbocycles. The lowest BCUT2D eigenvalue weighted by molar-refractivity contribution is -0.384. The molecule has 18 heavy (non-hydrogen) atoms. The van der Waals surface area contributed by atoms with E-state index in [1.54, 1.807) is 0 Å². The average molecular weight is 255 g/mol. The Balaban J connectivity index is 0.000000411. The number of non-ortho nitro benzene ring substituents is 1. The van der Waals surface area contributed by atoms with Crippen LogP contribution in [0.15, 0.2) is 24.3 Å². The summed E-state index contributed by atoms with van der Waals surface area (Å²) in [6.07, 6.45) is 1.08. The number of carbonyl (C=O) groups is 1. The molecule has 0 aliphatic carbocycles. The first-order chi connectivity index (χ1) is 8.42. The molecule has 0 spiro atoms. The highest BCUT2D eigenvalue weighted by molar-refractivity contribution is 5.87. The summed E-state index contributed by atoms with van der Waals surface area (Å²) >= 11 is 0. The van der Waals surface area contributed by atoms with Gasteiger partial charge in [0.25, 0.3) is 5.69 Å². The molecule has 0 saturated heterocycles. The van der Waals surface area contributed by atoms with Crippen molar-refractivity contribution < 1.29 is 19.9 Å². The molecular formula is C12H17NO5. The second-order valence-corrected chi connectivity index (χ2v) is 3.81. The van der Waals surface area contributed by atoms with E-state index in [4.69, 9.17) is 10.2 Å². The maximum atomic E-state index is 10.3. The van der Waals surface area contributed by atoms with E-state index in [0.717, 1.165) is 18.6 Å². The van der Waals surface area contributed by atoms with Crippen molar-refractivity contribution in [1.82, 2.24) is 0 Å². The Hall–Kier alpha value is -1.95. The molecule has 0 unspecified atom stereocenters. The summed E-state index contributed by atoms with van der Waals surface area (Å²) < 4.78 is 0. The summed E-state index contributed by atoms with van der Waals surface area (Å²) in [5.41, 5.74) is -0.0689. The van der Waals surface area contributed by atoms with Crippen LogP contribution >= 0.6 is 0 Å². The fraction of sp³-hybridized carbons (Fsp3) is 0.417. The average Bonchev–Trinajstić information content (AvgIpc) is 2.38. The molecule has 0 radical (unpaired) electrons. The molecule has 0 bridgehead atoms. The molecule has 1 atom stereocenters. The number of aliphatic hydroxyl groups is 1. The molecule has 0 heterocycles. The zero-order chi connectivity index (χ0) is 14.1. The fourth-order valence-electron chi connectivity index (χ4n) is 0.855. The van der Waals surface area contributed by atoms with Gasteiger partial charge in [-0.15, -0.1) is 0 Å². The largest absolute Gasteiger partial charge is 0.478 e. The number of aromatic carboxylic acids is 1. The van der Waals surface area contributed by atoms with E-state index in [2.05, 4.69) is 6.92 Å². The van der Waals surface area contributed by atoms with Crippen LogP contribution in [0.2, 0.25) is 0 Å². The first-order valence-corrected chi connectivity index (χ1v) is 5.51. The van der Waals surface area contributed by atoms with Crippen molar-refractivity contribution in [2.24, 2.45) is 5.92 Å². The van der Waals surface area contributed by atoms with Crippen molar-refractivity contribution in [3.05, 3.63) is 39.9 Å². The van der Waals surface area contributed by atoms with Gasteiger partial charge < -0.3 is 10.2 Å². The van der Waals surface area contributed by atoms with Crippen LogP contribution in [0.25, 0.3) is 0 Å². The summed E-state index contributed by atoms with van der Waals surface area (Å²) in [6.45, 7) is 4.43. The molecule has 100 valence electrons. The Morgan fingerprint density at radius 1 is 1.39 bits per heavy atom. The van der Waals surface area contributed by atoms with Gasteiger partial charge >= 0.3 is 5.97 Å². The SMILES string of the molecule is CC[C@H](C)CO.O=C(O)c1ccc([N+](=O)[O-])cc1. The minimum atomic E-state index is -1.09. The summed E-state index contributed by atoms with van der Waals surface area (Å²) in [4.78, 5) is 19.9. The Morgan fingerprint density at radius 2 is 1.89 bits per heavy atom. The lowest BCUT2D eigenvalue weighted by atomic mass is 10.1. The fourth-order valence-corrected chi connectivity index (χ4v) is 0.855. The van der Waals surface area contributed by atoms with Crippen LogP contribution in [0.1, 0.15) is 30.6 Å². The molecule has 6 nitrogen and oxygen atoms in total. The number of aliphatic hydroxyl groups excluding tert-OH is 1. The van der Waals surface area contributed by atoms with Crippen molar-refractivity contribution in [3.8, 4) is 0 Å². The minimum absolute atomic E-state index is 0.0422. The Morgan fingerprint density at radius 3 is 2.11 bits per heavy atom. The summed E-state index contributed by atoms with van der Waals surface area (Å²) in [5, 5.41) is 26.9. The number of carboxylic acid groups (broad SMARTS) is 1. The third-order valence-electron chi connectivity index (χ3n) is 2.33. The van der Waals surface area contributed by atoms with Crippen molar-refractivity contribution in [2.75, 3.05) is 6.61 Å². The topological polar surface area (TPSA) is 101 Å². The van der Waals surface area contributed by atoms with Crippen molar-refractivity contribution in [3.63, 3.8) is 0 Å². The lowest BCUT2D eigenvalue weighted by Crippen LogP contribution is -1.96. The first-order valence-electron chi connectivity index (χ1n) is 5.51. The van der Waals surface area contributed by atoms with Crippen molar-refractivity contribution >= 4 is 11.7 Å². The molecule has 1 aromatic rings. The highest BCUT2D eigenvalue weighted by Crippen LogP contribution is 2.11. The predicted molar refractivity (Wildman–Crippen MR) is 66.6 cm³/mol. The normalized spacial score (nSPS) is 11.1. The number of benzene rings is 1. The van der Waals surface area contributed by atoms with Gasteiger partial charge in [-0.1, -0.05) is 20.3 Å². The smallest absolute Gasteiger partial charge is 0.335 e. The van der Waals surface area contributed by atoms with Crippen LogP contribution in [0.5, 0.6) is 0 Å². The predicted octanol–water partition coefficient (Wildman–Crippen LogP) is 2.32. The van der Waals surface area contributed by atoms with Crippen LogP contribution in [-0.4, -0.2) is 27.7 Å². The molecule has 0 aliphatic heterocycles. The molecule has 0 fully saturated rings. The third-order valence-corrected chi connectivity index (χ3v) is 2.33. The standard InChI is InChI=1S/C7H5NO4.C5H12O/c9-7(10)5-1-3-6(4-2-5)8(11)12;1-3-5(2)4-6/h1-4H,(H,9,10);5-6H,3-4H2,1-2H3/t;5-/m.0/s1. The quantitative estimate of drug-likeness (QED) is 0.635. The zero-order valence-corrected chi connectivity index (χ0v) is 10.4. The number of hydrogen-bond donors (Lipinski definition) is 2. The maximum absolute atomic E-state index is 10.3. The molecule has 0 aromatic heterocycles. The van der Waals surface area contributed by atoms with E-state index in [1.807, 2.05) is 6.92 Å². The molecule has 6 heteroatoms. The van der Waals surface area contributed by atoms with Gasteiger partial charge in [0.2, 0.25) is 0 Å². The van der Waals surface area contributed by atoms with Gasteiger partial charge in [0.05, 0.1) is 10.5 Å². The number of nitrogens with zero attached hydrogens (tertiary/aromatic N) is 1. The Kier molecular flexibility index (Phi) is 7.30. The van der Waals surface area contributed by atoms with Crippen LogP contribution in [0, 0.1) is 16.0 Å². The van der Waals surface area contributed by atoms with Crippen molar-refractivity contribution in [1.29, 1.82) is 0 Å². The van der Waals surface area contributed by atoms with Crippen LogP contribution in [0.4, 0.5) is 5.69 Å². The molecule has 2 N–H and O–H groups in total. The molecule has 0 aliphatic rings. The molecule has 1 rings (SSSR count). The monoisotopic (exact) mass is 255 g/mol. The van der Waals surface area contributed by atoms with E-state index in [0.29, 0.717) is 12.5 Å². The van der Waals surface area contributed by atoms with Gasteiger partial charge in [-0.2, -0.15) is 0 Å². The van der Waals surface area contributed by atoms with Gasteiger partial charge in [-0.25, -0.2) is 4.79 Å². The molecular weight excluding hydrogens is 238 g/mol. The number of rotatable bonds is 4. The summed E-state index contributed by atoms with van der Waals surface area (Å²) in [7, 11) is 0. The van der Waals surface area contributed by atoms with Gasteiger partial charge in [-0.3, -0.25) is 10.1 Å². The van der Waals surface area contributed by atoms with Gasteiger partial charge in [-0.05, 0) is 18.1 Å². The van der Waals surface area contributed by atoms with Crippen LogP contribution < -0.4 is 0 Å². The minimum Gasteiger partial charge on any atom is -0.478 e. The van der Waals surface area contributed by atoms with Gasteiger partial charge in [0.1, 0.15) is 0 Å². The Labute approximate surface area is 105 Å². The van der Waals surface area contributed by atoms with Gasteiger partial charge in [0, 0.05) is 18.7 Å². The highest BCUT2D eigenvalue weighted by Gasteiger charge is 2.06. The first kappa shape index (κ1) is 16.1.